The summed E-state index contributed by atoms with van der Waals surface area (Å²) in [4.78, 5) is 30.1. The number of para-hydroxylation sites is 1. The fourth-order valence-corrected chi connectivity index (χ4v) is 4.35. The van der Waals surface area contributed by atoms with Gasteiger partial charge in [-0.3, -0.25) is 14.5 Å². The molecule has 1 saturated carbocycles. The molecule has 6 heteroatoms. The lowest BCUT2D eigenvalue weighted by Gasteiger charge is -2.40. The van der Waals surface area contributed by atoms with E-state index in [4.69, 9.17) is 0 Å². The van der Waals surface area contributed by atoms with Gasteiger partial charge in [0.05, 0.1) is 12.1 Å². The van der Waals surface area contributed by atoms with Crippen molar-refractivity contribution in [1.82, 2.24) is 15.2 Å². The van der Waals surface area contributed by atoms with Gasteiger partial charge in [-0.25, -0.2) is 0 Å². The van der Waals surface area contributed by atoms with E-state index < -0.39 is 17.6 Å². The van der Waals surface area contributed by atoms with Crippen LogP contribution in [0.15, 0.2) is 35.1 Å². The number of rotatable bonds is 3. The normalized spacial score (nSPS) is 26.9. The summed E-state index contributed by atoms with van der Waals surface area (Å²) < 4.78 is 0. The minimum atomic E-state index is -0.592. The molecule has 1 aliphatic carbocycles. The first-order chi connectivity index (χ1) is 12.6. The smallest absolute Gasteiger partial charge is 0.261 e. The van der Waals surface area contributed by atoms with E-state index in [0.717, 1.165) is 37.7 Å². The third-order valence-corrected chi connectivity index (χ3v) is 5.75. The number of aliphatic hydroxyl groups excluding tert-OH is 1. The molecule has 0 unspecified atom stereocenters. The van der Waals surface area contributed by atoms with Crippen LogP contribution in [0.4, 0.5) is 0 Å². The van der Waals surface area contributed by atoms with E-state index in [0.29, 0.717) is 5.52 Å². The highest BCUT2D eigenvalue weighted by atomic mass is 16.3. The van der Waals surface area contributed by atoms with Gasteiger partial charge in [0.2, 0.25) is 0 Å². The number of amides is 1. The Labute approximate surface area is 152 Å². The van der Waals surface area contributed by atoms with Crippen molar-refractivity contribution >= 4 is 16.8 Å². The number of aromatic amines is 1. The highest BCUT2D eigenvalue weighted by Crippen LogP contribution is 2.26. The molecule has 2 aromatic rings. The molecule has 1 saturated heterocycles. The third kappa shape index (κ3) is 3.27. The molecule has 1 aliphatic heterocycles. The number of hydrogen-bond acceptors (Lipinski definition) is 4. The van der Waals surface area contributed by atoms with Gasteiger partial charge in [0, 0.05) is 11.6 Å². The van der Waals surface area contributed by atoms with E-state index in [1.54, 1.807) is 6.07 Å². The van der Waals surface area contributed by atoms with E-state index in [-0.39, 0.29) is 17.6 Å². The lowest BCUT2D eigenvalue weighted by Crippen LogP contribution is -2.56. The first-order valence-corrected chi connectivity index (χ1v) is 9.48. The molecule has 0 bridgehead atoms. The van der Waals surface area contributed by atoms with Gasteiger partial charge in [0.25, 0.3) is 11.5 Å². The molecule has 2 aliphatic rings. The van der Waals surface area contributed by atoms with Crippen molar-refractivity contribution in [2.75, 3.05) is 13.1 Å². The van der Waals surface area contributed by atoms with Crippen LogP contribution in [0.5, 0.6) is 0 Å². The van der Waals surface area contributed by atoms with Crippen molar-refractivity contribution in [3.8, 4) is 0 Å². The lowest BCUT2D eigenvalue weighted by atomic mass is 9.87. The number of H-pyrrole nitrogens is 1. The molecule has 6 nitrogen and oxygen atoms in total. The largest absolute Gasteiger partial charge is 0.389 e. The summed E-state index contributed by atoms with van der Waals surface area (Å²) in [6, 6.07) is 8.80. The Balaban J connectivity index is 1.52. The monoisotopic (exact) mass is 355 g/mol. The quantitative estimate of drug-likeness (QED) is 0.781. The van der Waals surface area contributed by atoms with Crippen molar-refractivity contribution in [1.29, 1.82) is 0 Å². The van der Waals surface area contributed by atoms with Crippen molar-refractivity contribution in [3.63, 3.8) is 0 Å². The summed E-state index contributed by atoms with van der Waals surface area (Å²) in [6.07, 6.45) is 4.43. The maximum absolute atomic E-state index is 12.7. The minimum absolute atomic E-state index is 0.0965. The van der Waals surface area contributed by atoms with Gasteiger partial charge in [0.15, 0.2) is 0 Å². The zero-order valence-electron chi connectivity index (χ0n) is 14.8. The van der Waals surface area contributed by atoms with E-state index in [9.17, 15) is 14.7 Å². The standard InChI is InChI=1S/C20H25N3O3/c24-18-16(8-5-9-17(18)23-10-3-4-11-23)22-20(26)14-12-13-6-1-2-7-15(13)21-19(14)25/h1-2,6-7,12,16-18,24H,3-5,8-11H2,(H,21,25)(H,22,26)/t16-,17-,18-/m1/s1. The molecule has 4 rings (SSSR count). The van der Waals surface area contributed by atoms with Gasteiger partial charge in [-0.2, -0.15) is 0 Å². The Morgan fingerprint density at radius 2 is 1.92 bits per heavy atom. The summed E-state index contributed by atoms with van der Waals surface area (Å²) in [6.45, 7) is 2.04. The van der Waals surface area contributed by atoms with Gasteiger partial charge >= 0.3 is 0 Å². The Morgan fingerprint density at radius 1 is 1.15 bits per heavy atom. The summed E-state index contributed by atoms with van der Waals surface area (Å²) in [5, 5.41) is 14.5. The van der Waals surface area contributed by atoms with Crippen LogP contribution in [-0.2, 0) is 0 Å². The molecule has 2 fully saturated rings. The number of aliphatic hydroxyl groups is 1. The first kappa shape index (κ1) is 17.2. The van der Waals surface area contributed by atoms with Crippen LogP contribution in [0.25, 0.3) is 10.9 Å². The Hall–Kier alpha value is -2.18. The number of nitrogens with one attached hydrogen (secondary N) is 2. The fourth-order valence-electron chi connectivity index (χ4n) is 4.35. The molecule has 26 heavy (non-hydrogen) atoms. The fraction of sp³-hybridized carbons (Fsp3) is 0.500. The molecule has 1 aromatic heterocycles. The summed E-state index contributed by atoms with van der Waals surface area (Å²) in [5.74, 6) is -0.414. The van der Waals surface area contributed by atoms with Gasteiger partial charge in [-0.15, -0.1) is 0 Å². The topological polar surface area (TPSA) is 85.4 Å². The summed E-state index contributed by atoms with van der Waals surface area (Å²) in [7, 11) is 0. The van der Waals surface area contributed by atoms with Crippen LogP contribution >= 0.6 is 0 Å². The molecular weight excluding hydrogens is 330 g/mol. The number of hydrogen-bond donors (Lipinski definition) is 3. The number of nitrogens with zero attached hydrogens (tertiary/aromatic N) is 1. The second kappa shape index (κ2) is 7.21. The third-order valence-electron chi connectivity index (χ3n) is 5.75. The van der Waals surface area contributed by atoms with Crippen LogP contribution in [0.3, 0.4) is 0 Å². The average molecular weight is 355 g/mol. The minimum Gasteiger partial charge on any atom is -0.389 e. The van der Waals surface area contributed by atoms with Gasteiger partial charge in [-0.05, 0) is 62.7 Å². The Morgan fingerprint density at radius 3 is 2.73 bits per heavy atom. The van der Waals surface area contributed by atoms with Gasteiger partial charge in [-0.1, -0.05) is 18.2 Å². The Bertz CT molecular complexity index is 857. The first-order valence-electron chi connectivity index (χ1n) is 9.48. The molecule has 0 radical (unpaired) electrons. The van der Waals surface area contributed by atoms with E-state index in [1.807, 2.05) is 24.3 Å². The van der Waals surface area contributed by atoms with E-state index in [1.165, 1.54) is 12.8 Å². The van der Waals surface area contributed by atoms with Crippen LogP contribution < -0.4 is 10.9 Å². The second-order valence-electron chi connectivity index (χ2n) is 7.41. The highest BCUT2D eigenvalue weighted by molar-refractivity contribution is 5.97. The number of carbonyl (C=O) groups excluding carboxylic acids is 1. The Kier molecular flexibility index (Phi) is 4.78. The van der Waals surface area contributed by atoms with Crippen molar-refractivity contribution in [2.45, 2.75) is 50.3 Å². The molecular formula is C20H25N3O3. The van der Waals surface area contributed by atoms with E-state index >= 15 is 0 Å². The van der Waals surface area contributed by atoms with Gasteiger partial charge in [0.1, 0.15) is 5.56 Å². The molecule has 138 valence electrons. The predicted octanol–water partition coefficient (Wildman–Crippen LogP) is 1.64. The molecule has 1 amide bonds. The van der Waals surface area contributed by atoms with Gasteiger partial charge < -0.3 is 15.4 Å². The zero-order valence-corrected chi connectivity index (χ0v) is 14.8. The van der Waals surface area contributed by atoms with Crippen molar-refractivity contribution in [3.05, 3.63) is 46.2 Å². The molecule has 3 N–H and O–H groups in total. The predicted molar refractivity (Wildman–Crippen MR) is 100 cm³/mol. The van der Waals surface area contributed by atoms with Crippen LogP contribution in [-0.4, -0.2) is 52.2 Å². The van der Waals surface area contributed by atoms with Crippen molar-refractivity contribution < 1.29 is 9.90 Å². The van der Waals surface area contributed by atoms with Crippen LogP contribution in [0, 0.1) is 0 Å². The summed E-state index contributed by atoms with van der Waals surface area (Å²) in [5.41, 5.74) is 0.405. The lowest BCUT2D eigenvalue weighted by molar-refractivity contribution is 0.00702. The van der Waals surface area contributed by atoms with Crippen molar-refractivity contribution in [2.24, 2.45) is 0 Å². The molecule has 3 atom stereocenters. The van der Waals surface area contributed by atoms with Crippen LogP contribution in [0.2, 0.25) is 0 Å². The maximum atomic E-state index is 12.7. The number of aromatic nitrogens is 1. The highest BCUT2D eigenvalue weighted by Gasteiger charge is 2.37. The summed E-state index contributed by atoms with van der Waals surface area (Å²) >= 11 is 0. The number of fused-ring (bicyclic) bond motifs is 1. The zero-order chi connectivity index (χ0) is 18.1. The number of carbonyl (C=O) groups is 1. The number of likely N-dealkylation sites (tertiary alicyclic amines) is 1. The van der Waals surface area contributed by atoms with Crippen LogP contribution in [0.1, 0.15) is 42.5 Å². The second-order valence-corrected chi connectivity index (χ2v) is 7.41. The molecule has 1 aromatic carbocycles. The van der Waals surface area contributed by atoms with E-state index in [2.05, 4.69) is 15.2 Å². The number of benzene rings is 1. The molecule has 0 spiro atoms. The maximum Gasteiger partial charge on any atom is 0.261 e. The number of pyridine rings is 1. The SMILES string of the molecule is O=C(N[C@@H]1CCC[C@@H](N2CCCC2)[C@@H]1O)c1cc2ccccc2[nH]c1=O. The average Bonchev–Trinajstić information content (AvgIpc) is 3.17. The molecule has 2 heterocycles.